The summed E-state index contributed by atoms with van der Waals surface area (Å²) in [6.45, 7) is 28.0. The standard InChI is InChI=1S/C40H30.C36H44.Bi.H3P.V.2H/c1-5-13-35(14-6-1)39(36-15-7-2-8-16-36)29-31-21-25-33(26-22-31)34-27-23-32(24-28-34)30-40(37-17-9-3-10-18-37)38-19-11-4-12-20-38;1-33(2,3)23-13-21-14-24(34(4,5)6)19-29-30-20-26(36(10,11)12)16-22-15-25(35(7,8)9)18-28(32(22)30)27(17-23)31(21)29;;;;;/h1-30H;13-20H,1-12H3;;1H3;;;/i;;;1D;;;. The second-order valence-electron chi connectivity index (χ2n) is 25.1. The molecule has 0 aliphatic heterocycles. The minimum absolute atomic E-state index is 0. The molecule has 0 saturated carbocycles. The van der Waals surface area contributed by atoms with E-state index in [1.165, 1.54) is 121 Å². The zero-order valence-electron chi connectivity index (χ0n) is 49.5. The number of rotatable bonds is 7. The summed E-state index contributed by atoms with van der Waals surface area (Å²) in [5.41, 5.74) is 18.0. The van der Waals surface area contributed by atoms with E-state index in [4.69, 9.17) is 1.28 Å². The van der Waals surface area contributed by atoms with Crippen molar-refractivity contribution >= 4 is 102 Å². The van der Waals surface area contributed by atoms with Crippen LogP contribution in [0.4, 0.5) is 0 Å². The van der Waals surface area contributed by atoms with Crippen molar-refractivity contribution in [2.45, 2.75) is 105 Å². The summed E-state index contributed by atoms with van der Waals surface area (Å²) >= 11 is 0. The molecule has 0 N–H and O–H groups in total. The Balaban J connectivity index is 0.000000220. The third-order valence-electron chi connectivity index (χ3n) is 15.3. The maximum atomic E-state index is 5.67. The van der Waals surface area contributed by atoms with E-state index in [2.05, 4.69) is 314 Å². The van der Waals surface area contributed by atoms with Gasteiger partial charge in [-0.25, -0.2) is 0 Å². The van der Waals surface area contributed by atoms with E-state index in [-0.39, 0.29) is 66.4 Å². The van der Waals surface area contributed by atoms with Gasteiger partial charge in [0.05, 0.1) is 1.28 Å². The van der Waals surface area contributed by atoms with Crippen molar-refractivity contribution < 1.29 is 18.6 Å². The zero-order valence-corrected chi connectivity index (χ0v) is 55.6. The van der Waals surface area contributed by atoms with Crippen LogP contribution >= 0.6 is 9.84 Å². The Morgan fingerprint density at radius 3 is 0.734 bits per heavy atom. The molecule has 1 unspecified atom stereocenters. The first-order valence-corrected chi connectivity index (χ1v) is 27.3. The van der Waals surface area contributed by atoms with E-state index in [0.717, 1.165) is 0 Å². The van der Waals surface area contributed by atoms with Crippen molar-refractivity contribution in [2.24, 2.45) is 0 Å². The summed E-state index contributed by atoms with van der Waals surface area (Å²) in [5.74, 6) is 0. The van der Waals surface area contributed by atoms with Gasteiger partial charge in [0.1, 0.15) is 0 Å². The van der Waals surface area contributed by atoms with Crippen molar-refractivity contribution in [3.8, 4) is 11.1 Å². The Morgan fingerprint density at radius 2 is 0.532 bits per heavy atom. The summed E-state index contributed by atoms with van der Waals surface area (Å²) in [4.78, 5) is 0. The first kappa shape index (κ1) is 59.2. The zero-order chi connectivity index (χ0) is 55.6. The van der Waals surface area contributed by atoms with Crippen LogP contribution in [0.1, 0.15) is 139 Å². The molecule has 1 atom stereocenters. The maximum Gasteiger partial charge on any atom is 0 e. The van der Waals surface area contributed by atoms with Crippen LogP contribution in [-0.4, -0.2) is 27.5 Å². The molecule has 11 rings (SSSR count). The predicted molar refractivity (Wildman–Crippen MR) is 354 cm³/mol. The van der Waals surface area contributed by atoms with Crippen LogP contribution < -0.4 is 0 Å². The molecule has 0 bridgehead atoms. The average Bonchev–Trinajstić information content (AvgIpc) is 3.62. The van der Waals surface area contributed by atoms with Crippen LogP contribution in [0, 0.1) is 0 Å². The van der Waals surface area contributed by atoms with Gasteiger partial charge in [0.2, 0.25) is 0 Å². The summed E-state index contributed by atoms with van der Waals surface area (Å²) in [7, 11) is 1.67. The fraction of sp³-hybridized carbons (Fsp3) is 0.211. The molecule has 0 amide bonds. The topological polar surface area (TPSA) is 0 Å². The normalized spacial score (nSPS) is 11.8. The molecule has 0 aliphatic rings. The molecule has 0 spiro atoms. The predicted octanol–water partition coefficient (Wildman–Crippen LogP) is 20.6. The van der Waals surface area contributed by atoms with E-state index in [1.54, 1.807) is 9.84 Å². The van der Waals surface area contributed by atoms with Crippen LogP contribution in [0.15, 0.2) is 218 Å². The monoisotopic (exact) mass is 1280 g/mol. The molecule has 0 heterocycles. The van der Waals surface area contributed by atoms with E-state index >= 15 is 0 Å². The Kier molecular flexibility index (Phi) is 18.3. The quantitative estimate of drug-likeness (QED) is 0.0490. The Labute approximate surface area is 508 Å². The minimum Gasteiger partial charge on any atom is 0 e. The van der Waals surface area contributed by atoms with Crippen molar-refractivity contribution in [2.75, 3.05) is 0 Å². The van der Waals surface area contributed by atoms with Crippen LogP contribution in [0.3, 0.4) is 0 Å². The number of hydrogen-bond donors (Lipinski definition) is 0. The molecule has 11 aromatic rings. The average molecular weight is 1280 g/mol. The van der Waals surface area contributed by atoms with Crippen molar-refractivity contribution in [3.63, 3.8) is 0 Å². The Morgan fingerprint density at radius 1 is 0.316 bits per heavy atom. The summed E-state index contributed by atoms with van der Waals surface area (Å²) < 4.78 is 5.67. The van der Waals surface area contributed by atoms with Gasteiger partial charge >= 0.3 is 26.2 Å². The smallest absolute Gasteiger partial charge is 0 e. The molecule has 11 aromatic carbocycles. The van der Waals surface area contributed by atoms with E-state index in [0.29, 0.717) is 0 Å². The van der Waals surface area contributed by atoms with Crippen molar-refractivity contribution in [1.82, 2.24) is 0 Å². The summed E-state index contributed by atoms with van der Waals surface area (Å²) in [6, 6.07) is 79.8. The number of fused-ring (bicyclic) bond motifs is 2. The molecule has 0 aliphatic carbocycles. The molecule has 79 heavy (non-hydrogen) atoms. The molecule has 2 radical (unpaired) electrons. The Hall–Kier alpha value is -5.90. The van der Waals surface area contributed by atoms with Crippen LogP contribution in [0.5, 0.6) is 0 Å². The van der Waals surface area contributed by atoms with Gasteiger partial charge in [-0.05, 0) is 179 Å². The first-order chi connectivity index (χ1) is 37.2. The molecular formula is C76H79BiPV. The van der Waals surface area contributed by atoms with Gasteiger partial charge in [-0.3, -0.25) is 0 Å². The third-order valence-corrected chi connectivity index (χ3v) is 15.3. The molecule has 0 fully saturated rings. The van der Waals surface area contributed by atoms with E-state index in [1.807, 2.05) is 0 Å². The van der Waals surface area contributed by atoms with Gasteiger partial charge in [-0.2, -0.15) is 9.84 Å². The van der Waals surface area contributed by atoms with Crippen molar-refractivity contribution in [1.29, 1.82) is 1.28 Å². The second-order valence-corrected chi connectivity index (χ2v) is 25.1. The molecule has 0 saturated heterocycles. The largest absolute Gasteiger partial charge is 0 e. The van der Waals surface area contributed by atoms with Gasteiger partial charge in [0, 0.05) is 18.6 Å². The maximum absolute atomic E-state index is 5.67. The summed E-state index contributed by atoms with van der Waals surface area (Å²) in [5, 5.41) is 11.2. The summed E-state index contributed by atoms with van der Waals surface area (Å²) in [6.07, 6.45) is 4.55. The number of hydrogen-bond acceptors (Lipinski definition) is 0. The van der Waals surface area contributed by atoms with Gasteiger partial charge in [-0.15, -0.1) is 0 Å². The third kappa shape index (κ3) is 13.5. The fourth-order valence-corrected chi connectivity index (χ4v) is 10.6. The molecule has 3 heteroatoms. The van der Waals surface area contributed by atoms with E-state index < -0.39 is 0 Å². The van der Waals surface area contributed by atoms with Crippen LogP contribution in [0.2, 0.25) is 0 Å². The second kappa shape index (κ2) is 24.4. The van der Waals surface area contributed by atoms with E-state index in [9.17, 15) is 0 Å². The Bertz CT molecular complexity index is 3430. The fourth-order valence-electron chi connectivity index (χ4n) is 10.6. The molecular weight excluding hydrogens is 1200 g/mol. The molecule has 398 valence electrons. The van der Waals surface area contributed by atoms with Gasteiger partial charge in [0.25, 0.3) is 0 Å². The molecule has 0 aromatic heterocycles. The van der Waals surface area contributed by atoms with Crippen LogP contribution in [-0.2, 0) is 40.2 Å². The SMILES string of the molecule is C(=C(c1ccccc1)c1ccccc1)c1ccc(-c2ccc(C=C(c3ccccc3)c3ccccc3)cc2)cc1.CC(C)(C)c1cc2cc(C(C)(C)C)cc3c4cc(C(C)(C)C)cc5cc(C(C)(C)C)cc(c(c1)c23)c54.[2H]P.[BiH2].[V]. The van der Waals surface area contributed by atoms with Gasteiger partial charge in [0.15, 0.2) is 0 Å². The molecule has 0 nitrogen and oxygen atoms in total. The van der Waals surface area contributed by atoms with Crippen molar-refractivity contribution in [3.05, 3.63) is 274 Å². The minimum atomic E-state index is 0. The van der Waals surface area contributed by atoms with Gasteiger partial charge < -0.3 is 0 Å². The first-order valence-electron chi connectivity index (χ1n) is 27.9. The van der Waals surface area contributed by atoms with Crippen LogP contribution in [0.25, 0.3) is 77.5 Å². The van der Waals surface area contributed by atoms with Gasteiger partial charge in [-0.1, -0.05) is 277 Å². The number of benzene rings is 11.